The van der Waals surface area contributed by atoms with Crippen LogP contribution in [0.4, 0.5) is 0 Å². The van der Waals surface area contributed by atoms with Crippen LogP contribution in [0.1, 0.15) is 43.1 Å². The molecule has 3 rings (SSSR count). The molecule has 0 radical (unpaired) electrons. The first-order valence-electron chi connectivity index (χ1n) is 10.7. The number of phenolic OH excluding ortho intramolecular Hbond substituents is 1. The molecule has 160 valence electrons. The molecule has 0 heterocycles. The molecule has 0 saturated carbocycles. The molecule has 3 nitrogen and oxygen atoms in total. The summed E-state index contributed by atoms with van der Waals surface area (Å²) in [6.45, 7) is 4.82. The predicted octanol–water partition coefficient (Wildman–Crippen LogP) is 6.86. The maximum atomic E-state index is 10.7. The van der Waals surface area contributed by atoms with Gasteiger partial charge in [0.15, 0.2) is 0 Å². The third kappa shape index (κ3) is 5.87. The first kappa shape index (κ1) is 22.4. The highest BCUT2D eigenvalue weighted by atomic mass is 16.5. The molecule has 3 heteroatoms. The molecule has 0 spiro atoms. The fourth-order valence-corrected chi connectivity index (χ4v) is 3.61. The number of allylic oxidation sites excluding steroid dienone is 2. The van der Waals surface area contributed by atoms with Gasteiger partial charge in [0, 0.05) is 17.5 Å². The van der Waals surface area contributed by atoms with Crippen LogP contribution in [0.5, 0.6) is 11.5 Å². The van der Waals surface area contributed by atoms with E-state index in [1.807, 2.05) is 81.6 Å². The quantitative estimate of drug-likeness (QED) is 0.403. The minimum absolute atomic E-state index is 0.0965. The molecule has 0 aliphatic rings. The zero-order valence-electron chi connectivity index (χ0n) is 18.5. The summed E-state index contributed by atoms with van der Waals surface area (Å²) in [5.41, 5.74) is 4.87. The highest BCUT2D eigenvalue weighted by Crippen LogP contribution is 2.40. The SMILES string of the molecule is C/C=C\c1ccc(O)c(-c2cc(/C=C\C)ccc2OC(CCNC)c2ccccc2)c1. The standard InChI is InChI=1S/C28H31NO2/c1-4-9-21-13-15-26(30)24(19-21)25-20-22(10-5-2)14-16-28(25)31-27(17-18-29-3)23-11-7-6-8-12-23/h4-16,19-20,27,29-30H,17-18H2,1-3H3/b9-4-,10-5-. The Morgan fingerprint density at radius 2 is 1.52 bits per heavy atom. The molecule has 0 aromatic heterocycles. The molecule has 0 amide bonds. The lowest BCUT2D eigenvalue weighted by atomic mass is 9.98. The van der Waals surface area contributed by atoms with Crippen LogP contribution in [-0.4, -0.2) is 18.7 Å². The van der Waals surface area contributed by atoms with Crippen molar-refractivity contribution in [2.75, 3.05) is 13.6 Å². The normalized spacial score (nSPS) is 12.5. The first-order chi connectivity index (χ1) is 15.2. The summed E-state index contributed by atoms with van der Waals surface area (Å²) in [5.74, 6) is 0.994. The summed E-state index contributed by atoms with van der Waals surface area (Å²) in [4.78, 5) is 0. The zero-order chi connectivity index (χ0) is 22.1. The van der Waals surface area contributed by atoms with Crippen LogP contribution in [0.25, 0.3) is 23.3 Å². The molecular formula is C28H31NO2. The molecule has 3 aromatic rings. The zero-order valence-corrected chi connectivity index (χ0v) is 18.5. The van der Waals surface area contributed by atoms with Crippen molar-refractivity contribution in [2.45, 2.75) is 26.4 Å². The Kier molecular flexibility index (Phi) is 8.08. The first-order valence-corrected chi connectivity index (χ1v) is 10.7. The molecule has 2 N–H and O–H groups in total. The van der Waals surface area contributed by atoms with E-state index in [0.717, 1.165) is 46.5 Å². The van der Waals surface area contributed by atoms with Gasteiger partial charge in [-0.1, -0.05) is 66.8 Å². The Labute approximate surface area is 185 Å². The molecule has 1 atom stereocenters. The predicted molar refractivity (Wildman–Crippen MR) is 131 cm³/mol. The van der Waals surface area contributed by atoms with E-state index in [0.29, 0.717) is 0 Å². The number of nitrogens with one attached hydrogen (secondary N) is 1. The summed E-state index contributed by atoms with van der Waals surface area (Å²) in [6, 6.07) is 22.1. The summed E-state index contributed by atoms with van der Waals surface area (Å²) in [7, 11) is 1.95. The Hall–Kier alpha value is -3.30. The Balaban J connectivity index is 2.09. The van der Waals surface area contributed by atoms with E-state index < -0.39 is 0 Å². The van der Waals surface area contributed by atoms with Gasteiger partial charge in [-0.25, -0.2) is 0 Å². The van der Waals surface area contributed by atoms with E-state index in [1.165, 1.54) is 0 Å². The number of hydrogen-bond donors (Lipinski definition) is 2. The third-order valence-electron chi connectivity index (χ3n) is 5.13. The number of aromatic hydroxyl groups is 1. The number of rotatable bonds is 9. The van der Waals surface area contributed by atoms with Gasteiger partial charge in [-0.2, -0.15) is 0 Å². The lowest BCUT2D eigenvalue weighted by Crippen LogP contribution is -2.16. The van der Waals surface area contributed by atoms with Crippen LogP contribution in [0, 0.1) is 0 Å². The molecule has 1 unspecified atom stereocenters. The van der Waals surface area contributed by atoms with Crippen LogP contribution in [0.3, 0.4) is 0 Å². The fourth-order valence-electron chi connectivity index (χ4n) is 3.61. The monoisotopic (exact) mass is 413 g/mol. The van der Waals surface area contributed by atoms with Crippen LogP contribution in [0.2, 0.25) is 0 Å². The van der Waals surface area contributed by atoms with Gasteiger partial charge in [0.1, 0.15) is 17.6 Å². The fraction of sp³-hybridized carbons (Fsp3) is 0.214. The van der Waals surface area contributed by atoms with Gasteiger partial charge in [0.05, 0.1) is 0 Å². The second kappa shape index (κ2) is 11.2. The average Bonchev–Trinajstić information content (AvgIpc) is 2.79. The van der Waals surface area contributed by atoms with Crippen LogP contribution in [-0.2, 0) is 0 Å². The number of benzene rings is 3. The van der Waals surface area contributed by atoms with Crippen molar-refractivity contribution in [2.24, 2.45) is 0 Å². The van der Waals surface area contributed by atoms with Crippen molar-refractivity contribution in [3.8, 4) is 22.6 Å². The number of ether oxygens (including phenoxy) is 1. The highest BCUT2D eigenvalue weighted by Gasteiger charge is 2.18. The maximum Gasteiger partial charge on any atom is 0.128 e. The van der Waals surface area contributed by atoms with Crippen molar-refractivity contribution >= 4 is 12.2 Å². The van der Waals surface area contributed by atoms with E-state index in [2.05, 4.69) is 29.6 Å². The van der Waals surface area contributed by atoms with Gasteiger partial charge in [0.2, 0.25) is 0 Å². The molecule has 0 fully saturated rings. The summed E-state index contributed by atoms with van der Waals surface area (Å²) >= 11 is 0. The lowest BCUT2D eigenvalue weighted by Gasteiger charge is -2.22. The largest absolute Gasteiger partial charge is 0.507 e. The van der Waals surface area contributed by atoms with Crippen LogP contribution in [0.15, 0.2) is 78.9 Å². The summed E-state index contributed by atoms with van der Waals surface area (Å²) in [6.07, 6.45) is 8.82. The molecule has 0 saturated heterocycles. The van der Waals surface area contributed by atoms with Gasteiger partial charge in [-0.15, -0.1) is 0 Å². The van der Waals surface area contributed by atoms with E-state index >= 15 is 0 Å². The van der Waals surface area contributed by atoms with Gasteiger partial charge < -0.3 is 15.2 Å². The maximum absolute atomic E-state index is 10.7. The second-order valence-corrected chi connectivity index (χ2v) is 7.44. The van der Waals surface area contributed by atoms with Crippen LogP contribution < -0.4 is 10.1 Å². The number of phenols is 1. The third-order valence-corrected chi connectivity index (χ3v) is 5.13. The average molecular weight is 414 g/mol. The Bertz CT molecular complexity index is 1040. The van der Waals surface area contributed by atoms with Gasteiger partial charge in [-0.3, -0.25) is 0 Å². The van der Waals surface area contributed by atoms with Gasteiger partial charge in [0.25, 0.3) is 0 Å². The van der Waals surface area contributed by atoms with E-state index in [4.69, 9.17) is 4.74 Å². The minimum Gasteiger partial charge on any atom is -0.507 e. The van der Waals surface area contributed by atoms with Crippen molar-refractivity contribution < 1.29 is 9.84 Å². The lowest BCUT2D eigenvalue weighted by molar-refractivity contribution is 0.196. The highest BCUT2D eigenvalue weighted by molar-refractivity contribution is 5.79. The Morgan fingerprint density at radius 1 is 0.871 bits per heavy atom. The second-order valence-electron chi connectivity index (χ2n) is 7.44. The topological polar surface area (TPSA) is 41.5 Å². The van der Waals surface area contributed by atoms with E-state index in [1.54, 1.807) is 6.07 Å². The Morgan fingerprint density at radius 3 is 2.16 bits per heavy atom. The van der Waals surface area contributed by atoms with Gasteiger partial charge >= 0.3 is 0 Å². The van der Waals surface area contributed by atoms with E-state index in [-0.39, 0.29) is 11.9 Å². The minimum atomic E-state index is -0.0965. The van der Waals surface area contributed by atoms with E-state index in [9.17, 15) is 5.11 Å². The summed E-state index contributed by atoms with van der Waals surface area (Å²) < 4.78 is 6.58. The van der Waals surface area contributed by atoms with Crippen molar-refractivity contribution in [3.05, 3.63) is 95.6 Å². The molecule has 31 heavy (non-hydrogen) atoms. The van der Waals surface area contributed by atoms with Crippen molar-refractivity contribution in [1.29, 1.82) is 0 Å². The molecule has 0 bridgehead atoms. The number of hydrogen-bond acceptors (Lipinski definition) is 3. The van der Waals surface area contributed by atoms with Crippen molar-refractivity contribution in [1.82, 2.24) is 5.32 Å². The molecule has 0 aliphatic heterocycles. The van der Waals surface area contributed by atoms with Gasteiger partial charge in [-0.05, 0) is 68.4 Å². The van der Waals surface area contributed by atoms with Crippen LogP contribution >= 0.6 is 0 Å². The smallest absolute Gasteiger partial charge is 0.128 e. The molecular weight excluding hydrogens is 382 g/mol. The van der Waals surface area contributed by atoms with Crippen molar-refractivity contribution in [3.63, 3.8) is 0 Å². The molecule has 3 aromatic carbocycles. The molecule has 0 aliphatic carbocycles. The summed E-state index contributed by atoms with van der Waals surface area (Å²) in [5, 5.41) is 13.9.